The normalized spacial score (nSPS) is 10.2. The summed E-state index contributed by atoms with van der Waals surface area (Å²) in [5.74, 6) is -1.23. The molecular weight excluding hydrogens is 268 g/mol. The van der Waals surface area contributed by atoms with Crippen molar-refractivity contribution in [1.82, 2.24) is 0 Å². The number of nitrogens with zero attached hydrogens (tertiary/aromatic N) is 1. The summed E-state index contributed by atoms with van der Waals surface area (Å²) in [5.41, 5.74) is 1.79. The number of hydrogen-bond donors (Lipinski definition) is 2. The molecule has 2 N–H and O–H groups in total. The summed E-state index contributed by atoms with van der Waals surface area (Å²) in [4.78, 5) is 24.4. The molecule has 1 rings (SSSR count). The van der Waals surface area contributed by atoms with Crippen molar-refractivity contribution in [2.24, 2.45) is 0 Å². The van der Waals surface area contributed by atoms with E-state index in [9.17, 15) is 9.59 Å². The van der Waals surface area contributed by atoms with Crippen molar-refractivity contribution in [2.75, 3.05) is 23.3 Å². The fourth-order valence-electron chi connectivity index (χ4n) is 2.13. The van der Waals surface area contributed by atoms with Crippen LogP contribution in [-0.2, 0) is 9.59 Å². The lowest BCUT2D eigenvalue weighted by Crippen LogP contribution is -2.25. The topological polar surface area (TPSA) is 69.6 Å². The highest BCUT2D eigenvalue weighted by atomic mass is 16.4. The van der Waals surface area contributed by atoms with Crippen LogP contribution >= 0.6 is 0 Å². The molecule has 0 atom stereocenters. The lowest BCUT2D eigenvalue weighted by molar-refractivity contribution is -0.138. The number of nitrogens with one attached hydrogen (secondary N) is 1. The molecule has 1 amide bonds. The van der Waals surface area contributed by atoms with Crippen molar-refractivity contribution >= 4 is 23.3 Å². The van der Waals surface area contributed by atoms with Gasteiger partial charge in [-0.25, -0.2) is 0 Å². The Labute approximate surface area is 126 Å². The minimum absolute atomic E-state index is 0.00675. The molecule has 0 spiro atoms. The molecule has 0 aliphatic carbocycles. The van der Waals surface area contributed by atoms with Crippen LogP contribution in [0.5, 0.6) is 0 Å². The monoisotopic (exact) mass is 292 g/mol. The average Bonchev–Trinajstić information content (AvgIpc) is 2.45. The molecule has 0 unspecified atom stereocenters. The van der Waals surface area contributed by atoms with E-state index >= 15 is 0 Å². The summed E-state index contributed by atoms with van der Waals surface area (Å²) in [5, 5.41) is 11.3. The second kappa shape index (κ2) is 9.00. The summed E-state index contributed by atoms with van der Waals surface area (Å²) in [6, 6.07) is 7.68. The van der Waals surface area contributed by atoms with E-state index in [1.165, 1.54) is 0 Å². The maximum Gasteiger partial charge on any atom is 0.303 e. The van der Waals surface area contributed by atoms with Gasteiger partial charge in [-0.3, -0.25) is 9.59 Å². The van der Waals surface area contributed by atoms with E-state index in [4.69, 9.17) is 5.11 Å². The summed E-state index contributed by atoms with van der Waals surface area (Å²) in [7, 11) is 0. The lowest BCUT2D eigenvalue weighted by Gasteiger charge is -2.24. The first kappa shape index (κ1) is 17.0. The van der Waals surface area contributed by atoms with E-state index in [0.717, 1.165) is 31.6 Å². The maximum atomic E-state index is 11.7. The first-order valence-corrected chi connectivity index (χ1v) is 7.43. The van der Waals surface area contributed by atoms with Gasteiger partial charge in [0, 0.05) is 30.9 Å². The predicted molar refractivity (Wildman–Crippen MR) is 84.7 cm³/mol. The number of anilines is 2. The lowest BCUT2D eigenvalue weighted by atomic mass is 10.2. The zero-order chi connectivity index (χ0) is 15.7. The second-order valence-corrected chi connectivity index (χ2v) is 4.98. The minimum Gasteiger partial charge on any atom is -0.481 e. The Kier molecular flexibility index (Phi) is 7.29. The SMILES string of the molecule is CCCN(CCC)c1cccc(NC(=O)CCC(=O)O)c1. The standard InChI is InChI=1S/C16H24N2O3/c1-3-10-18(11-4-2)14-7-5-6-13(12-14)17-15(19)8-9-16(20)21/h5-7,12H,3-4,8-11H2,1-2H3,(H,17,19)(H,20,21). The third kappa shape index (κ3) is 6.29. The van der Waals surface area contributed by atoms with Crippen molar-refractivity contribution in [3.63, 3.8) is 0 Å². The molecule has 0 radical (unpaired) electrons. The van der Waals surface area contributed by atoms with Crippen molar-refractivity contribution in [3.8, 4) is 0 Å². The van der Waals surface area contributed by atoms with Crippen LogP contribution in [-0.4, -0.2) is 30.1 Å². The highest BCUT2D eigenvalue weighted by Gasteiger charge is 2.08. The number of hydrogen-bond acceptors (Lipinski definition) is 3. The third-order valence-electron chi connectivity index (χ3n) is 3.05. The van der Waals surface area contributed by atoms with Gasteiger partial charge in [-0.1, -0.05) is 19.9 Å². The van der Waals surface area contributed by atoms with Crippen LogP contribution in [0.15, 0.2) is 24.3 Å². The highest BCUT2D eigenvalue weighted by Crippen LogP contribution is 2.20. The number of aliphatic carboxylic acids is 1. The maximum absolute atomic E-state index is 11.7. The van der Waals surface area contributed by atoms with E-state index in [1.807, 2.05) is 24.3 Å². The second-order valence-electron chi connectivity index (χ2n) is 4.98. The largest absolute Gasteiger partial charge is 0.481 e. The summed E-state index contributed by atoms with van der Waals surface area (Å²) >= 11 is 0. The van der Waals surface area contributed by atoms with Crippen LogP contribution in [0.3, 0.4) is 0 Å². The number of carbonyl (C=O) groups excluding carboxylic acids is 1. The van der Waals surface area contributed by atoms with E-state index in [1.54, 1.807) is 0 Å². The van der Waals surface area contributed by atoms with Gasteiger partial charge in [0.15, 0.2) is 0 Å². The molecule has 0 aliphatic heterocycles. The molecule has 5 heteroatoms. The molecule has 1 aromatic rings. The molecule has 0 heterocycles. The molecule has 0 saturated carbocycles. The van der Waals surface area contributed by atoms with Gasteiger partial charge in [-0.2, -0.15) is 0 Å². The summed E-state index contributed by atoms with van der Waals surface area (Å²) in [6.07, 6.45) is 1.97. The molecule has 1 aromatic carbocycles. The predicted octanol–water partition coefficient (Wildman–Crippen LogP) is 3.12. The van der Waals surface area contributed by atoms with Crippen LogP contribution in [0.1, 0.15) is 39.5 Å². The quantitative estimate of drug-likeness (QED) is 0.733. The number of carboxylic acid groups (broad SMARTS) is 1. The summed E-state index contributed by atoms with van der Waals surface area (Å²) < 4.78 is 0. The van der Waals surface area contributed by atoms with Crippen LogP contribution in [0.25, 0.3) is 0 Å². The molecule has 0 fully saturated rings. The smallest absolute Gasteiger partial charge is 0.303 e. The number of rotatable bonds is 9. The molecule has 0 bridgehead atoms. The zero-order valence-electron chi connectivity index (χ0n) is 12.8. The molecule has 116 valence electrons. The van der Waals surface area contributed by atoms with E-state index in [-0.39, 0.29) is 18.7 Å². The Morgan fingerprint density at radius 2 is 1.81 bits per heavy atom. The van der Waals surface area contributed by atoms with Gasteiger partial charge < -0.3 is 15.3 Å². The van der Waals surface area contributed by atoms with Crippen molar-refractivity contribution in [2.45, 2.75) is 39.5 Å². The van der Waals surface area contributed by atoms with Gasteiger partial charge in [-0.05, 0) is 31.0 Å². The van der Waals surface area contributed by atoms with E-state index in [0.29, 0.717) is 5.69 Å². The van der Waals surface area contributed by atoms with Crippen LogP contribution in [0.4, 0.5) is 11.4 Å². The first-order valence-electron chi connectivity index (χ1n) is 7.43. The van der Waals surface area contributed by atoms with Crippen LogP contribution in [0, 0.1) is 0 Å². The number of amides is 1. The highest BCUT2D eigenvalue weighted by molar-refractivity contribution is 5.92. The van der Waals surface area contributed by atoms with Gasteiger partial charge in [0.1, 0.15) is 0 Å². The van der Waals surface area contributed by atoms with Crippen LogP contribution < -0.4 is 10.2 Å². The van der Waals surface area contributed by atoms with Crippen molar-refractivity contribution in [3.05, 3.63) is 24.3 Å². The Bertz CT molecular complexity index is 468. The number of carbonyl (C=O) groups is 2. The fourth-order valence-corrected chi connectivity index (χ4v) is 2.13. The van der Waals surface area contributed by atoms with Gasteiger partial charge in [0.2, 0.25) is 5.91 Å². The molecule has 5 nitrogen and oxygen atoms in total. The van der Waals surface area contributed by atoms with E-state index < -0.39 is 5.97 Å². The molecule has 0 aromatic heterocycles. The molecular formula is C16H24N2O3. The molecule has 21 heavy (non-hydrogen) atoms. The number of carboxylic acids is 1. The zero-order valence-corrected chi connectivity index (χ0v) is 12.8. The third-order valence-corrected chi connectivity index (χ3v) is 3.05. The first-order chi connectivity index (χ1) is 10.1. The van der Waals surface area contributed by atoms with Gasteiger partial charge in [-0.15, -0.1) is 0 Å². The minimum atomic E-state index is -0.962. The van der Waals surface area contributed by atoms with Crippen molar-refractivity contribution < 1.29 is 14.7 Å². The van der Waals surface area contributed by atoms with Crippen LogP contribution in [0.2, 0.25) is 0 Å². The van der Waals surface area contributed by atoms with E-state index in [2.05, 4.69) is 24.1 Å². The molecule has 0 aliphatic rings. The Morgan fingerprint density at radius 3 is 2.38 bits per heavy atom. The Balaban J connectivity index is 2.70. The van der Waals surface area contributed by atoms with Gasteiger partial charge in [0.05, 0.1) is 6.42 Å². The van der Waals surface area contributed by atoms with Crippen molar-refractivity contribution in [1.29, 1.82) is 0 Å². The van der Waals surface area contributed by atoms with Gasteiger partial charge in [0.25, 0.3) is 0 Å². The number of benzene rings is 1. The average molecular weight is 292 g/mol. The summed E-state index contributed by atoms with van der Waals surface area (Å²) in [6.45, 7) is 6.23. The fraction of sp³-hybridized carbons (Fsp3) is 0.500. The Morgan fingerprint density at radius 1 is 1.14 bits per heavy atom. The molecule has 0 saturated heterocycles. The van der Waals surface area contributed by atoms with Gasteiger partial charge >= 0.3 is 5.97 Å². The Hall–Kier alpha value is -2.04.